The van der Waals surface area contributed by atoms with E-state index in [1.807, 2.05) is 37.2 Å². The number of hydrogen-bond acceptors (Lipinski definition) is 5. The molecule has 4 rings (SSSR count). The number of rotatable bonds is 5. The van der Waals surface area contributed by atoms with Gasteiger partial charge in [-0.3, -0.25) is 4.68 Å². The second-order valence-corrected chi connectivity index (χ2v) is 6.56. The van der Waals surface area contributed by atoms with Gasteiger partial charge in [0.25, 0.3) is 0 Å². The van der Waals surface area contributed by atoms with Gasteiger partial charge in [0.05, 0.1) is 5.69 Å². The van der Waals surface area contributed by atoms with Crippen molar-refractivity contribution in [1.29, 1.82) is 0 Å². The number of aryl methyl sites for hydroxylation is 3. The standard InChI is InChI=1S/C18H24N6O/c1-4-24-7-6-19-18(24)16-15(5-8-25-16)20-10-13-9-14-12(2)22-23(3)17(14)21-11-13/h6-7,9,11,15-16,20H,4-5,8,10H2,1-3H3/t15-,16-/m0/s1. The highest BCUT2D eigenvalue weighted by Gasteiger charge is 2.32. The van der Waals surface area contributed by atoms with Crippen LogP contribution in [-0.4, -0.2) is 37.0 Å². The Morgan fingerprint density at radius 3 is 3.08 bits per heavy atom. The van der Waals surface area contributed by atoms with Gasteiger partial charge in [-0.25, -0.2) is 9.97 Å². The van der Waals surface area contributed by atoms with E-state index in [1.54, 1.807) is 0 Å². The fourth-order valence-electron chi connectivity index (χ4n) is 3.59. The quantitative estimate of drug-likeness (QED) is 0.770. The van der Waals surface area contributed by atoms with Crippen molar-refractivity contribution in [1.82, 2.24) is 29.6 Å². The first kappa shape index (κ1) is 16.2. The lowest BCUT2D eigenvalue weighted by Crippen LogP contribution is -2.32. The van der Waals surface area contributed by atoms with Crippen LogP contribution in [0.15, 0.2) is 24.7 Å². The monoisotopic (exact) mass is 340 g/mol. The second kappa shape index (κ2) is 6.57. The zero-order valence-corrected chi connectivity index (χ0v) is 14.9. The van der Waals surface area contributed by atoms with Gasteiger partial charge in [-0.05, 0) is 31.9 Å². The molecule has 0 aliphatic carbocycles. The Morgan fingerprint density at radius 1 is 1.36 bits per heavy atom. The largest absolute Gasteiger partial charge is 0.369 e. The van der Waals surface area contributed by atoms with Gasteiger partial charge in [0.1, 0.15) is 11.9 Å². The van der Waals surface area contributed by atoms with E-state index in [0.29, 0.717) is 0 Å². The predicted molar refractivity (Wildman–Crippen MR) is 95.1 cm³/mol. The molecule has 0 bridgehead atoms. The van der Waals surface area contributed by atoms with Gasteiger partial charge in [-0.2, -0.15) is 5.10 Å². The van der Waals surface area contributed by atoms with Crippen LogP contribution in [0.4, 0.5) is 0 Å². The van der Waals surface area contributed by atoms with Crippen LogP contribution in [-0.2, 0) is 24.9 Å². The highest BCUT2D eigenvalue weighted by Crippen LogP contribution is 2.28. The van der Waals surface area contributed by atoms with Crippen molar-refractivity contribution in [3.63, 3.8) is 0 Å². The summed E-state index contributed by atoms with van der Waals surface area (Å²) in [5.74, 6) is 1.01. The molecule has 132 valence electrons. The van der Waals surface area contributed by atoms with E-state index >= 15 is 0 Å². The van der Waals surface area contributed by atoms with E-state index < -0.39 is 0 Å². The normalized spacial score (nSPS) is 20.6. The highest BCUT2D eigenvalue weighted by molar-refractivity contribution is 5.78. The van der Waals surface area contributed by atoms with Crippen LogP contribution in [0.2, 0.25) is 0 Å². The molecule has 1 saturated heterocycles. The molecule has 0 unspecified atom stereocenters. The SMILES string of the molecule is CCn1ccnc1[C@H]1OCC[C@@H]1NCc1cnc2c(c1)c(C)nn2C. The minimum Gasteiger partial charge on any atom is -0.369 e. The third-order valence-electron chi connectivity index (χ3n) is 4.92. The Bertz CT molecular complexity index is 883. The van der Waals surface area contributed by atoms with Crippen molar-refractivity contribution in [3.8, 4) is 0 Å². The number of nitrogens with one attached hydrogen (secondary N) is 1. The summed E-state index contributed by atoms with van der Waals surface area (Å²) in [6.07, 6.45) is 6.78. The van der Waals surface area contributed by atoms with Crippen LogP contribution < -0.4 is 5.32 Å². The third kappa shape index (κ3) is 2.94. The Balaban J connectivity index is 1.49. The number of fused-ring (bicyclic) bond motifs is 1. The maximum atomic E-state index is 5.96. The van der Waals surface area contributed by atoms with Crippen molar-refractivity contribution >= 4 is 11.0 Å². The van der Waals surface area contributed by atoms with Gasteiger partial charge in [-0.1, -0.05) is 0 Å². The molecule has 0 spiro atoms. The van der Waals surface area contributed by atoms with Gasteiger partial charge in [0, 0.05) is 56.8 Å². The minimum atomic E-state index is 0.00627. The average molecular weight is 340 g/mol. The first-order valence-corrected chi connectivity index (χ1v) is 8.81. The number of ether oxygens (including phenoxy) is 1. The average Bonchev–Trinajstić information content (AvgIpc) is 3.32. The topological polar surface area (TPSA) is 69.8 Å². The smallest absolute Gasteiger partial charge is 0.157 e. The molecule has 0 radical (unpaired) electrons. The van der Waals surface area contributed by atoms with Crippen LogP contribution in [0.1, 0.15) is 36.5 Å². The van der Waals surface area contributed by atoms with E-state index in [-0.39, 0.29) is 12.1 Å². The van der Waals surface area contributed by atoms with E-state index in [0.717, 1.165) is 54.2 Å². The summed E-state index contributed by atoms with van der Waals surface area (Å²) in [6.45, 7) is 6.57. The Kier molecular flexibility index (Phi) is 4.27. The molecule has 4 heterocycles. The molecule has 0 aromatic carbocycles. The molecule has 7 nitrogen and oxygen atoms in total. The number of hydrogen-bond donors (Lipinski definition) is 1. The first-order valence-electron chi connectivity index (χ1n) is 8.81. The lowest BCUT2D eigenvalue weighted by atomic mass is 10.1. The Hall–Kier alpha value is -2.25. The lowest BCUT2D eigenvalue weighted by molar-refractivity contribution is 0.0886. The lowest BCUT2D eigenvalue weighted by Gasteiger charge is -2.20. The summed E-state index contributed by atoms with van der Waals surface area (Å²) in [6, 6.07) is 2.44. The zero-order valence-electron chi connectivity index (χ0n) is 14.9. The highest BCUT2D eigenvalue weighted by atomic mass is 16.5. The van der Waals surface area contributed by atoms with Gasteiger partial charge in [0.2, 0.25) is 0 Å². The van der Waals surface area contributed by atoms with E-state index in [2.05, 4.69) is 37.9 Å². The van der Waals surface area contributed by atoms with E-state index in [4.69, 9.17) is 4.74 Å². The van der Waals surface area contributed by atoms with Crippen LogP contribution in [0.5, 0.6) is 0 Å². The molecule has 1 fully saturated rings. The third-order valence-corrected chi connectivity index (χ3v) is 4.92. The maximum Gasteiger partial charge on any atom is 0.157 e. The summed E-state index contributed by atoms with van der Waals surface area (Å²) in [5, 5.41) is 9.18. The van der Waals surface area contributed by atoms with E-state index in [9.17, 15) is 0 Å². The molecule has 0 amide bonds. The zero-order chi connectivity index (χ0) is 17.4. The van der Waals surface area contributed by atoms with Crippen molar-refractivity contribution in [3.05, 3.63) is 41.7 Å². The number of aromatic nitrogens is 5. The fourth-order valence-corrected chi connectivity index (χ4v) is 3.59. The molecule has 1 aliphatic heterocycles. The molecule has 1 N–H and O–H groups in total. The molecule has 3 aromatic rings. The fraction of sp³-hybridized carbons (Fsp3) is 0.500. The number of imidazole rings is 1. The molecular formula is C18H24N6O. The van der Waals surface area contributed by atoms with Crippen molar-refractivity contribution in [2.45, 2.75) is 45.5 Å². The van der Waals surface area contributed by atoms with Crippen LogP contribution in [0, 0.1) is 6.92 Å². The summed E-state index contributed by atoms with van der Waals surface area (Å²) in [7, 11) is 1.93. The van der Waals surface area contributed by atoms with Gasteiger partial charge in [0.15, 0.2) is 5.65 Å². The maximum absolute atomic E-state index is 5.96. The minimum absolute atomic E-state index is 0.00627. The van der Waals surface area contributed by atoms with E-state index in [1.165, 1.54) is 0 Å². The molecule has 7 heteroatoms. The van der Waals surface area contributed by atoms with Gasteiger partial charge >= 0.3 is 0 Å². The second-order valence-electron chi connectivity index (χ2n) is 6.56. The van der Waals surface area contributed by atoms with Gasteiger partial charge in [-0.15, -0.1) is 0 Å². The number of nitrogens with zero attached hydrogens (tertiary/aromatic N) is 5. The van der Waals surface area contributed by atoms with Crippen LogP contribution >= 0.6 is 0 Å². The van der Waals surface area contributed by atoms with Gasteiger partial charge < -0.3 is 14.6 Å². The molecule has 0 saturated carbocycles. The molecule has 1 aliphatic rings. The number of pyridine rings is 1. The van der Waals surface area contributed by atoms with Crippen LogP contribution in [0.3, 0.4) is 0 Å². The predicted octanol–water partition coefficient (Wildman–Crippen LogP) is 2.11. The van der Waals surface area contributed by atoms with Crippen LogP contribution in [0.25, 0.3) is 11.0 Å². The molecule has 2 atom stereocenters. The summed E-state index contributed by atoms with van der Waals surface area (Å²) >= 11 is 0. The summed E-state index contributed by atoms with van der Waals surface area (Å²) in [4.78, 5) is 9.06. The Labute approximate surface area is 147 Å². The summed E-state index contributed by atoms with van der Waals surface area (Å²) in [5.41, 5.74) is 3.10. The first-order chi connectivity index (χ1) is 12.2. The van der Waals surface area contributed by atoms with Crippen molar-refractivity contribution in [2.75, 3.05) is 6.61 Å². The Morgan fingerprint density at radius 2 is 2.24 bits per heavy atom. The van der Waals surface area contributed by atoms with Crippen molar-refractivity contribution < 1.29 is 4.74 Å². The summed E-state index contributed by atoms with van der Waals surface area (Å²) < 4.78 is 9.94. The molecule has 25 heavy (non-hydrogen) atoms. The molecule has 3 aromatic heterocycles. The van der Waals surface area contributed by atoms with Crippen molar-refractivity contribution in [2.24, 2.45) is 7.05 Å². The molecular weight excluding hydrogens is 316 g/mol.